The number of hydrogen-bond donors (Lipinski definition) is 3. The molecular formula is C29H28N4O4. The first-order chi connectivity index (χ1) is 17.6. The lowest BCUT2D eigenvalue weighted by Crippen LogP contribution is -2.32. The second kappa shape index (κ2) is 9.46. The fourth-order valence-electron chi connectivity index (χ4n) is 4.07. The fraction of sp³-hybridized carbons (Fsp3) is 0.207. The van der Waals surface area contributed by atoms with Crippen LogP contribution in [0.5, 0.6) is 5.75 Å². The number of phenols is 1. The second-order valence-corrected chi connectivity index (χ2v) is 9.91. The van der Waals surface area contributed by atoms with Gasteiger partial charge in [0.15, 0.2) is 0 Å². The number of nitrogens with zero attached hydrogens (tertiary/aromatic N) is 2. The predicted octanol–water partition coefficient (Wildman–Crippen LogP) is 6.59. The summed E-state index contributed by atoms with van der Waals surface area (Å²) in [5, 5.41) is 18.4. The van der Waals surface area contributed by atoms with E-state index in [1.807, 2.05) is 81.4 Å². The molecule has 188 valence electrons. The Morgan fingerprint density at radius 1 is 1.00 bits per heavy atom. The van der Waals surface area contributed by atoms with E-state index in [4.69, 9.17) is 9.26 Å². The summed E-state index contributed by atoms with van der Waals surface area (Å²) in [6, 6.07) is 21.3. The smallest absolute Gasteiger partial charge is 0.407 e. The lowest BCUT2D eigenvalue weighted by atomic mass is 10.00. The number of carbonyl (C=O) groups excluding carboxylic acids is 1. The molecule has 0 fully saturated rings. The van der Waals surface area contributed by atoms with E-state index in [0.29, 0.717) is 23.8 Å². The van der Waals surface area contributed by atoms with Crippen molar-refractivity contribution in [2.75, 3.05) is 0 Å². The van der Waals surface area contributed by atoms with Crippen LogP contribution in [0.1, 0.15) is 32.2 Å². The summed E-state index contributed by atoms with van der Waals surface area (Å²) in [5.41, 5.74) is 5.66. The van der Waals surface area contributed by atoms with Crippen LogP contribution >= 0.6 is 0 Å². The average molecular weight is 497 g/mol. The molecular weight excluding hydrogens is 468 g/mol. The standard InChI is InChI=1S/C29H28N4O4/c1-17-31-27(33-37-17)21-9-11-24-22(13-21)15-25(32-24)23-14-20(10-12-26(23)34)19-7-5-18(6-8-19)16-30-28(35)36-29(2,3)4/h5-15,32,34H,16H2,1-4H3,(H,30,35). The highest BCUT2D eigenvalue weighted by atomic mass is 16.6. The summed E-state index contributed by atoms with van der Waals surface area (Å²) >= 11 is 0. The Labute approximate surface area is 214 Å². The van der Waals surface area contributed by atoms with Crippen molar-refractivity contribution in [1.82, 2.24) is 20.4 Å². The SMILES string of the molecule is Cc1nc(-c2ccc3[nH]c(-c4cc(-c5ccc(CNC(=O)OC(C)(C)C)cc5)ccc4O)cc3c2)no1. The first-order valence-corrected chi connectivity index (χ1v) is 12.0. The summed E-state index contributed by atoms with van der Waals surface area (Å²) in [6.07, 6.45) is -0.447. The van der Waals surface area contributed by atoms with Gasteiger partial charge in [-0.1, -0.05) is 35.5 Å². The number of aromatic amines is 1. The Kier molecular flexibility index (Phi) is 6.17. The Morgan fingerprint density at radius 2 is 1.73 bits per heavy atom. The topological polar surface area (TPSA) is 113 Å². The van der Waals surface area contributed by atoms with Gasteiger partial charge in [-0.3, -0.25) is 0 Å². The van der Waals surface area contributed by atoms with Crippen LogP contribution in [0.3, 0.4) is 0 Å². The number of phenolic OH excluding ortho intramolecular Hbond substituents is 1. The first kappa shape index (κ1) is 24.1. The number of aryl methyl sites for hydroxylation is 1. The molecule has 0 aliphatic carbocycles. The molecule has 1 amide bonds. The zero-order chi connectivity index (χ0) is 26.2. The number of aromatic hydroxyl groups is 1. The Balaban J connectivity index is 1.36. The van der Waals surface area contributed by atoms with E-state index in [1.54, 1.807) is 13.0 Å². The molecule has 2 aromatic heterocycles. The predicted molar refractivity (Wildman–Crippen MR) is 142 cm³/mol. The highest BCUT2D eigenvalue weighted by Gasteiger charge is 2.16. The minimum Gasteiger partial charge on any atom is -0.507 e. The van der Waals surface area contributed by atoms with Gasteiger partial charge in [-0.05, 0) is 73.9 Å². The summed E-state index contributed by atoms with van der Waals surface area (Å²) in [7, 11) is 0. The highest BCUT2D eigenvalue weighted by molar-refractivity contribution is 5.90. The van der Waals surface area contributed by atoms with Crippen LogP contribution in [0.25, 0.3) is 44.7 Å². The third kappa shape index (κ3) is 5.48. The average Bonchev–Trinajstić information content (AvgIpc) is 3.48. The van der Waals surface area contributed by atoms with Gasteiger partial charge < -0.3 is 24.7 Å². The van der Waals surface area contributed by atoms with Gasteiger partial charge in [-0.15, -0.1) is 0 Å². The summed E-state index contributed by atoms with van der Waals surface area (Å²) in [5.74, 6) is 1.23. The monoisotopic (exact) mass is 496 g/mol. The third-order valence-corrected chi connectivity index (χ3v) is 5.82. The van der Waals surface area contributed by atoms with Crippen LogP contribution in [0.2, 0.25) is 0 Å². The van der Waals surface area contributed by atoms with Crippen molar-refractivity contribution < 1.29 is 19.2 Å². The minimum atomic E-state index is -0.537. The number of alkyl carbamates (subject to hydrolysis) is 1. The minimum absolute atomic E-state index is 0.183. The van der Waals surface area contributed by atoms with Crippen molar-refractivity contribution >= 4 is 17.0 Å². The molecule has 0 spiro atoms. The van der Waals surface area contributed by atoms with Gasteiger partial charge in [0.05, 0.1) is 5.69 Å². The van der Waals surface area contributed by atoms with Crippen LogP contribution in [0.4, 0.5) is 4.79 Å². The molecule has 0 saturated heterocycles. The van der Waals surface area contributed by atoms with E-state index in [9.17, 15) is 9.90 Å². The van der Waals surface area contributed by atoms with Crippen molar-refractivity contribution in [2.45, 2.75) is 39.8 Å². The molecule has 5 rings (SSSR count). The first-order valence-electron chi connectivity index (χ1n) is 12.0. The van der Waals surface area contributed by atoms with Gasteiger partial charge in [0.1, 0.15) is 11.4 Å². The van der Waals surface area contributed by atoms with Crippen LogP contribution in [-0.2, 0) is 11.3 Å². The van der Waals surface area contributed by atoms with Crippen molar-refractivity contribution in [3.05, 3.63) is 78.2 Å². The molecule has 37 heavy (non-hydrogen) atoms. The number of H-pyrrole nitrogens is 1. The van der Waals surface area contributed by atoms with E-state index < -0.39 is 11.7 Å². The van der Waals surface area contributed by atoms with E-state index in [1.165, 1.54) is 0 Å². The van der Waals surface area contributed by atoms with E-state index in [2.05, 4.69) is 20.4 Å². The largest absolute Gasteiger partial charge is 0.507 e. The fourth-order valence-corrected chi connectivity index (χ4v) is 4.07. The van der Waals surface area contributed by atoms with Gasteiger partial charge >= 0.3 is 6.09 Å². The van der Waals surface area contributed by atoms with Crippen molar-refractivity contribution in [3.63, 3.8) is 0 Å². The van der Waals surface area contributed by atoms with Crippen LogP contribution < -0.4 is 5.32 Å². The van der Waals surface area contributed by atoms with E-state index >= 15 is 0 Å². The lowest BCUT2D eigenvalue weighted by Gasteiger charge is -2.19. The van der Waals surface area contributed by atoms with E-state index in [0.717, 1.165) is 38.9 Å². The Morgan fingerprint density at radius 3 is 2.43 bits per heavy atom. The van der Waals surface area contributed by atoms with Crippen molar-refractivity contribution in [3.8, 4) is 39.5 Å². The van der Waals surface area contributed by atoms with Crippen molar-refractivity contribution in [2.24, 2.45) is 0 Å². The summed E-state index contributed by atoms with van der Waals surface area (Å²) in [6.45, 7) is 7.62. The second-order valence-electron chi connectivity index (χ2n) is 9.91. The number of benzene rings is 3. The lowest BCUT2D eigenvalue weighted by molar-refractivity contribution is 0.0523. The number of nitrogens with one attached hydrogen (secondary N) is 2. The molecule has 0 atom stereocenters. The maximum absolute atomic E-state index is 11.9. The molecule has 8 heteroatoms. The number of carbonyl (C=O) groups is 1. The van der Waals surface area contributed by atoms with Gasteiger partial charge in [0, 0.05) is 35.5 Å². The molecule has 0 saturated carbocycles. The van der Waals surface area contributed by atoms with Gasteiger partial charge in [-0.25, -0.2) is 4.79 Å². The molecule has 2 heterocycles. The van der Waals surface area contributed by atoms with Crippen LogP contribution in [0, 0.1) is 6.92 Å². The van der Waals surface area contributed by atoms with Gasteiger partial charge in [0.2, 0.25) is 11.7 Å². The number of aromatic nitrogens is 3. The molecule has 0 bridgehead atoms. The number of rotatable bonds is 5. The Hall–Kier alpha value is -4.59. The molecule has 8 nitrogen and oxygen atoms in total. The summed E-state index contributed by atoms with van der Waals surface area (Å²) in [4.78, 5) is 19.6. The van der Waals surface area contributed by atoms with Crippen LogP contribution in [0.15, 0.2) is 71.3 Å². The summed E-state index contributed by atoms with van der Waals surface area (Å²) < 4.78 is 10.4. The zero-order valence-electron chi connectivity index (χ0n) is 21.1. The number of ether oxygens (including phenoxy) is 1. The zero-order valence-corrected chi connectivity index (χ0v) is 21.1. The van der Waals surface area contributed by atoms with E-state index in [-0.39, 0.29) is 5.75 Å². The number of amides is 1. The third-order valence-electron chi connectivity index (χ3n) is 5.82. The van der Waals surface area contributed by atoms with Crippen LogP contribution in [-0.4, -0.2) is 31.9 Å². The number of fused-ring (bicyclic) bond motifs is 1. The maximum Gasteiger partial charge on any atom is 0.407 e. The quantitative estimate of drug-likeness (QED) is 0.253. The Bertz CT molecular complexity index is 1580. The molecule has 0 unspecified atom stereocenters. The molecule has 3 N–H and O–H groups in total. The normalized spacial score (nSPS) is 11.6. The molecule has 0 aliphatic rings. The molecule has 0 radical (unpaired) electrons. The number of hydrogen-bond acceptors (Lipinski definition) is 6. The molecule has 0 aliphatic heterocycles. The van der Waals surface area contributed by atoms with Gasteiger partial charge in [0.25, 0.3) is 0 Å². The molecule has 5 aromatic rings. The molecule has 3 aromatic carbocycles. The van der Waals surface area contributed by atoms with Crippen molar-refractivity contribution in [1.29, 1.82) is 0 Å². The highest BCUT2D eigenvalue weighted by Crippen LogP contribution is 2.35. The van der Waals surface area contributed by atoms with Gasteiger partial charge in [-0.2, -0.15) is 4.98 Å². The maximum atomic E-state index is 11.9.